The number of para-hydroxylation sites is 1. The number of carbonyl (C=O) groups is 13. The predicted molar refractivity (Wildman–Crippen MR) is 333 cm³/mol. The van der Waals surface area contributed by atoms with Crippen LogP contribution in [0.1, 0.15) is 67.7 Å². The number of amides is 8. The van der Waals surface area contributed by atoms with E-state index in [4.69, 9.17) is 10.1 Å². The van der Waals surface area contributed by atoms with E-state index in [0.717, 1.165) is 25.7 Å². The van der Waals surface area contributed by atoms with Crippen molar-refractivity contribution in [3.8, 4) is 17.2 Å². The van der Waals surface area contributed by atoms with Gasteiger partial charge in [0.25, 0.3) is 41.1 Å². The first kappa shape index (κ1) is 102. The number of aliphatic imine (C=N–C) groups is 1. The number of hydroxylamine groups is 4. The Kier molecular flexibility index (Phi) is 61.5. The van der Waals surface area contributed by atoms with E-state index in [1.54, 1.807) is 40.2 Å². The summed E-state index contributed by atoms with van der Waals surface area (Å²) < 4.78 is 99.8. The number of thiocarbonyl (C=S) groups is 1. The van der Waals surface area contributed by atoms with Gasteiger partial charge in [0, 0.05) is 113 Å². The second-order valence-electron chi connectivity index (χ2n) is 16.3. The third kappa shape index (κ3) is 52.9. The van der Waals surface area contributed by atoms with Crippen molar-refractivity contribution in [2.45, 2.75) is 73.0 Å². The molecule has 0 aliphatic carbocycles. The van der Waals surface area contributed by atoms with Gasteiger partial charge in [0.15, 0.2) is 17.5 Å². The molecule has 0 saturated carbocycles. The van der Waals surface area contributed by atoms with E-state index in [0.29, 0.717) is 21.9 Å². The SMILES string of the molecule is CC(=O)NN.CC(=O)ON1C(=O)CC(S(=O)(=O)[O-])C1=O.CC(=O)ON1C(=O)CCC1=O.CC(=O)Oc1c(F)c(F)cc(F)c1F.CC(=O)Oc1ccc([N+](=O)[O-])cc1.CC(=O)Oc1ccccc1.CN1C(=O)C=CC1=O.CN=C=S.CNC(=O)CBr.CNN.COC(C)=N.CON.[Na+]. The minimum absolute atomic E-state index is 0. The number of non-ortho nitro benzene ring substituents is 1. The average Bonchev–Trinajstić information content (AvgIpc) is 1.62. The summed E-state index contributed by atoms with van der Waals surface area (Å²) in [5.74, 6) is -0.804. The standard InChI is InChI=1S/C8H4F4O2.C8H7NO4.C8H8O2.C6H7NO7S.C6H7NO4.C5H5NO2.C3H6BrNO.C3H7NO.C2H6N2O.C2H3NS.CH6N2.CH5NO.Na/c1-3(13)14-8-6(11)4(9)2-5(10)7(8)12;1-6(10)13-8-4-2-7(3-5-8)9(11)12;1-7(9)10-8-5-3-2-4-6-8;1-3(8)14-7-5(9)2-4(6(7)10)15(11,12)13;1-4(8)11-7-5(9)2-3-6(7)10;1-6-4(7)2-3-5(6)8;1-5-3(6)2-4;1-3(4)5-2;1-2(5)4-3;1-3-2-4;2*1-3-2;/h2H,1H3;2-5H,1H3;2-6H,1H3;4H,2H2,1H3,(H,11,12,13);2-3H2,1H3;2-3H,1H3;2H2,1H3,(H,5,6);4H,1-2H3;3H2,1H3,(H,4,5);1H3;3H,2H2,1H3;2H2,1H3;/q;;;;;;;;;;;;+1/p-1. The molecule has 3 aliphatic heterocycles. The molecule has 3 aromatic rings. The van der Waals surface area contributed by atoms with Crippen LogP contribution in [0.25, 0.3) is 0 Å². The number of benzene rings is 3. The summed E-state index contributed by atoms with van der Waals surface area (Å²) in [6.07, 6.45) is 1.97. The second kappa shape index (κ2) is 59.0. The number of nitro groups is 1. The zero-order valence-corrected chi connectivity index (χ0v) is 59.9. The quantitative estimate of drug-likeness (QED) is 0.0109. The fourth-order valence-electron chi connectivity index (χ4n) is 4.60. The number of methoxy groups -OCH3 is 1. The van der Waals surface area contributed by atoms with Crippen molar-refractivity contribution in [3.05, 3.63) is 106 Å². The van der Waals surface area contributed by atoms with Gasteiger partial charge in [-0.1, -0.05) is 34.1 Å². The second-order valence-corrected chi connectivity index (χ2v) is 18.6. The molecule has 45 heteroatoms. The van der Waals surface area contributed by atoms with Crippen LogP contribution < -0.4 is 77.5 Å². The molecule has 1 unspecified atom stereocenters. The molecule has 98 heavy (non-hydrogen) atoms. The predicted octanol–water partition coefficient (Wildman–Crippen LogP) is -1.35. The van der Waals surface area contributed by atoms with Crippen molar-refractivity contribution in [1.29, 1.82) is 5.41 Å². The summed E-state index contributed by atoms with van der Waals surface area (Å²) in [6, 6.07) is 14.3. The number of hydrogen-bond donors (Lipinski definition) is 7. The molecule has 540 valence electrons. The molecule has 6 rings (SSSR count). The molecule has 0 spiro atoms. The summed E-state index contributed by atoms with van der Waals surface area (Å²) >= 11 is 7.10. The molecular formula is C53H70BrF4N12NaO25S2. The molecular weight excluding hydrogens is 1450 g/mol. The van der Waals surface area contributed by atoms with Crippen LogP contribution in [0.15, 0.2) is 77.8 Å². The number of hydrogen-bond acceptors (Lipinski definition) is 32. The largest absolute Gasteiger partial charge is 1.00 e. The molecule has 8 amide bonds. The van der Waals surface area contributed by atoms with Gasteiger partial charge in [0.2, 0.25) is 29.2 Å². The van der Waals surface area contributed by atoms with Gasteiger partial charge in [0.05, 0.1) is 36.1 Å². The number of imide groups is 3. The van der Waals surface area contributed by atoms with Gasteiger partial charge in [-0.25, -0.2) is 43.5 Å². The van der Waals surface area contributed by atoms with Crippen LogP contribution >= 0.6 is 28.1 Å². The molecule has 3 aromatic carbocycles. The Hall–Kier alpha value is -9.31. The first-order valence-electron chi connectivity index (χ1n) is 25.6. The van der Waals surface area contributed by atoms with Gasteiger partial charge >= 0.3 is 59.4 Å². The first-order chi connectivity index (χ1) is 45.0. The Morgan fingerprint density at radius 1 is 0.735 bits per heavy atom. The molecule has 3 heterocycles. The monoisotopic (exact) mass is 1520 g/mol. The first-order valence-corrected chi connectivity index (χ1v) is 28.6. The fraction of sp³-hybridized carbons (Fsp3) is 0.340. The normalized spacial score (nSPS) is 12.1. The van der Waals surface area contributed by atoms with Crippen LogP contribution in [0, 0.1) is 38.8 Å². The molecule has 37 nitrogen and oxygen atoms in total. The van der Waals surface area contributed by atoms with E-state index in [-0.39, 0.29) is 94.7 Å². The van der Waals surface area contributed by atoms with E-state index in [1.165, 1.54) is 78.5 Å². The molecule has 3 aliphatic rings. The van der Waals surface area contributed by atoms with Crippen molar-refractivity contribution < 1.29 is 161 Å². The number of alkyl halides is 1. The molecule has 0 aromatic heterocycles. The molecule has 2 fully saturated rings. The smallest absolute Gasteiger partial charge is 0.747 e. The molecule has 0 bridgehead atoms. The minimum atomic E-state index is -4.91. The Labute approximate surface area is 592 Å². The number of esters is 3. The Morgan fingerprint density at radius 2 is 1.09 bits per heavy atom. The maximum absolute atomic E-state index is 12.7. The van der Waals surface area contributed by atoms with Crippen LogP contribution in [0.5, 0.6) is 17.2 Å². The van der Waals surface area contributed by atoms with Crippen LogP contribution in [0.4, 0.5) is 23.2 Å². The van der Waals surface area contributed by atoms with E-state index in [2.05, 4.69) is 95.3 Å². The average molecular weight is 1520 g/mol. The van der Waals surface area contributed by atoms with Crippen LogP contribution in [0.3, 0.4) is 0 Å². The summed E-state index contributed by atoms with van der Waals surface area (Å²) in [5.41, 5.74) is 4.11. The number of likely N-dealkylation sites (N-methyl/N-ethyl adjacent to an activating group) is 1. The van der Waals surface area contributed by atoms with Crippen molar-refractivity contribution in [1.82, 2.24) is 31.2 Å². The maximum atomic E-state index is 12.7. The zero-order valence-electron chi connectivity index (χ0n) is 54.7. The van der Waals surface area contributed by atoms with Crippen LogP contribution in [0.2, 0.25) is 0 Å². The molecule has 10 N–H and O–H groups in total. The van der Waals surface area contributed by atoms with Crippen LogP contribution in [-0.4, -0.2) is 174 Å². The van der Waals surface area contributed by atoms with Crippen LogP contribution in [-0.2, 0) is 91.7 Å². The Bertz CT molecular complexity index is 3250. The van der Waals surface area contributed by atoms with Gasteiger partial charge in [-0.3, -0.25) is 89.9 Å². The summed E-state index contributed by atoms with van der Waals surface area (Å²) in [5, 5.41) is 20.2. The number of hydrazine groups is 2. The van der Waals surface area contributed by atoms with Crippen molar-refractivity contribution >= 4 is 132 Å². The van der Waals surface area contributed by atoms with Gasteiger partial charge in [0.1, 0.15) is 26.9 Å². The summed E-state index contributed by atoms with van der Waals surface area (Å²) in [4.78, 5) is 162. The van der Waals surface area contributed by atoms with E-state index >= 15 is 0 Å². The minimum Gasteiger partial charge on any atom is -0.747 e. The number of nitro benzene ring substituents is 1. The van der Waals surface area contributed by atoms with Crippen molar-refractivity contribution in [3.63, 3.8) is 0 Å². The van der Waals surface area contributed by atoms with Gasteiger partial charge < -0.3 is 43.3 Å². The number of isothiocyanates is 1. The van der Waals surface area contributed by atoms with Gasteiger partial charge in [-0.05, 0) is 43.5 Å². The van der Waals surface area contributed by atoms with Crippen molar-refractivity contribution in [2.24, 2.45) is 22.6 Å². The number of nitrogens with two attached hydrogens (primary N) is 3. The molecule has 1 atom stereocenters. The Balaban J connectivity index is -0.000000190. The molecule has 0 radical (unpaired) electrons. The number of halogens is 5. The zero-order chi connectivity index (χ0) is 76.9. The topological polar surface area (TPSA) is 547 Å². The van der Waals surface area contributed by atoms with E-state index in [1.807, 2.05) is 23.6 Å². The third-order valence-electron chi connectivity index (χ3n) is 8.52. The third-order valence-corrected chi connectivity index (χ3v) is 10.3. The maximum Gasteiger partial charge on any atom is 1.00 e. The van der Waals surface area contributed by atoms with Crippen molar-refractivity contribution in [2.75, 3.05) is 47.7 Å². The number of carbonyl (C=O) groups excluding carboxylic acids is 13. The summed E-state index contributed by atoms with van der Waals surface area (Å²) in [7, 11) is 4.26. The van der Waals surface area contributed by atoms with E-state index < -0.39 is 103 Å². The fourth-order valence-corrected chi connectivity index (χ4v) is 5.57. The number of nitrogens with zero attached hydrogens (tertiary/aromatic N) is 5. The summed E-state index contributed by atoms with van der Waals surface area (Å²) in [6.45, 7) is 8.49. The van der Waals surface area contributed by atoms with Gasteiger partial charge in [-0.2, -0.15) is 8.78 Å². The van der Waals surface area contributed by atoms with Gasteiger partial charge in [-0.15, -0.1) is 10.1 Å². The van der Waals surface area contributed by atoms with E-state index in [9.17, 15) is 103 Å². The molecule has 2 saturated heterocycles. The number of nitrogens with one attached hydrogen (secondary N) is 4. The number of ether oxygens (including phenoxy) is 4. The number of rotatable bonds is 8. The Morgan fingerprint density at radius 3 is 1.34 bits per heavy atom.